The van der Waals surface area contributed by atoms with E-state index in [1.54, 1.807) is 6.92 Å². The van der Waals surface area contributed by atoms with Gasteiger partial charge in [-0.2, -0.15) is 0 Å². The Morgan fingerprint density at radius 1 is 1.39 bits per heavy atom. The highest BCUT2D eigenvalue weighted by molar-refractivity contribution is 7.89. The van der Waals surface area contributed by atoms with Crippen LogP contribution in [0.3, 0.4) is 0 Å². The van der Waals surface area contributed by atoms with Gasteiger partial charge in [-0.3, -0.25) is 4.79 Å². The number of sulfonamides is 1. The highest BCUT2D eigenvalue weighted by Crippen LogP contribution is 2.23. The number of hydrogen-bond acceptors (Lipinski definition) is 5. The van der Waals surface area contributed by atoms with E-state index in [0.29, 0.717) is 11.4 Å². The van der Waals surface area contributed by atoms with Gasteiger partial charge in [-0.15, -0.1) is 0 Å². The maximum atomic E-state index is 11.6. The van der Waals surface area contributed by atoms with Gasteiger partial charge in [0.05, 0.1) is 16.3 Å². The number of carbonyl (C=O) groups is 1. The highest BCUT2D eigenvalue weighted by atomic mass is 32.2. The molecule has 7 nitrogen and oxygen atoms in total. The van der Waals surface area contributed by atoms with Crippen LogP contribution in [0, 0.1) is 0 Å². The lowest BCUT2D eigenvalue weighted by Crippen LogP contribution is -2.32. The molecule has 100 valence electrons. The minimum Gasteiger partial charge on any atom is -0.397 e. The monoisotopic (exact) mass is 272 g/mol. The van der Waals surface area contributed by atoms with E-state index in [1.165, 1.54) is 25.2 Å². The lowest BCUT2D eigenvalue weighted by atomic mass is 10.2. The summed E-state index contributed by atoms with van der Waals surface area (Å²) < 4.78 is 25.4. The predicted octanol–water partition coefficient (Wildman–Crippen LogP) is -0.537. The standard InChI is InChI=1S/C10H16N4O3S/c1-6(10(12)15)14-9-5-7(3-4-8(9)11)18(16,17)13-2/h3-6,13-14H,11H2,1-2H3,(H2,12,15). The molecule has 6 N–H and O–H groups in total. The first kappa shape index (κ1) is 14.3. The second kappa shape index (κ2) is 5.23. The van der Waals surface area contributed by atoms with E-state index in [9.17, 15) is 13.2 Å². The van der Waals surface area contributed by atoms with Crippen molar-refractivity contribution in [2.75, 3.05) is 18.1 Å². The van der Waals surface area contributed by atoms with Gasteiger partial charge in [0.1, 0.15) is 6.04 Å². The number of rotatable bonds is 5. The summed E-state index contributed by atoms with van der Waals surface area (Å²) >= 11 is 0. The molecule has 0 aromatic heterocycles. The third-order valence-corrected chi connectivity index (χ3v) is 3.81. The largest absolute Gasteiger partial charge is 0.397 e. The SMILES string of the molecule is CNS(=O)(=O)c1ccc(N)c(NC(C)C(N)=O)c1. The van der Waals surface area contributed by atoms with Crippen molar-refractivity contribution in [3.8, 4) is 0 Å². The molecule has 1 atom stereocenters. The molecule has 0 aliphatic carbocycles. The molecule has 18 heavy (non-hydrogen) atoms. The van der Waals surface area contributed by atoms with Crippen LogP contribution in [0.5, 0.6) is 0 Å². The van der Waals surface area contributed by atoms with Crippen LogP contribution >= 0.6 is 0 Å². The maximum Gasteiger partial charge on any atom is 0.240 e. The summed E-state index contributed by atoms with van der Waals surface area (Å²) in [5.74, 6) is -0.559. The molecule has 1 unspecified atom stereocenters. The molecular formula is C10H16N4O3S. The zero-order valence-electron chi connectivity index (χ0n) is 10.1. The van der Waals surface area contributed by atoms with Crippen LogP contribution in [0.15, 0.2) is 23.1 Å². The summed E-state index contributed by atoms with van der Waals surface area (Å²) in [4.78, 5) is 11.0. The number of hydrogen-bond donors (Lipinski definition) is 4. The van der Waals surface area contributed by atoms with Crippen molar-refractivity contribution in [2.24, 2.45) is 5.73 Å². The van der Waals surface area contributed by atoms with Crippen LogP contribution in [-0.4, -0.2) is 27.4 Å². The lowest BCUT2D eigenvalue weighted by molar-refractivity contribution is -0.118. The number of nitrogens with one attached hydrogen (secondary N) is 2. The first-order valence-corrected chi connectivity index (χ1v) is 6.65. The Bertz CT molecular complexity index is 556. The second-order valence-corrected chi connectivity index (χ2v) is 5.61. The van der Waals surface area contributed by atoms with Crippen LogP contribution in [0.1, 0.15) is 6.92 Å². The smallest absolute Gasteiger partial charge is 0.240 e. The Hall–Kier alpha value is -1.80. The first-order valence-electron chi connectivity index (χ1n) is 5.17. The zero-order chi connectivity index (χ0) is 13.9. The van der Waals surface area contributed by atoms with Gasteiger partial charge >= 0.3 is 0 Å². The predicted molar refractivity (Wildman–Crippen MR) is 69.4 cm³/mol. The Morgan fingerprint density at radius 3 is 2.50 bits per heavy atom. The van der Waals surface area contributed by atoms with E-state index >= 15 is 0 Å². The number of nitrogens with two attached hydrogens (primary N) is 2. The second-order valence-electron chi connectivity index (χ2n) is 3.73. The van der Waals surface area contributed by atoms with Crippen LogP contribution in [0.25, 0.3) is 0 Å². The molecule has 0 aliphatic heterocycles. The summed E-state index contributed by atoms with van der Waals surface area (Å²) in [6.07, 6.45) is 0. The van der Waals surface area contributed by atoms with Crippen molar-refractivity contribution < 1.29 is 13.2 Å². The Balaban J connectivity index is 3.14. The molecule has 0 spiro atoms. The van der Waals surface area contributed by atoms with E-state index < -0.39 is 22.0 Å². The first-order chi connectivity index (χ1) is 8.27. The van der Waals surface area contributed by atoms with Crippen LogP contribution < -0.4 is 21.5 Å². The third kappa shape index (κ3) is 3.11. The van der Waals surface area contributed by atoms with Gasteiger partial charge in [0.15, 0.2) is 0 Å². The van der Waals surface area contributed by atoms with Crippen molar-refractivity contribution in [3.05, 3.63) is 18.2 Å². The van der Waals surface area contributed by atoms with Crippen LogP contribution in [0.4, 0.5) is 11.4 Å². The maximum absolute atomic E-state index is 11.6. The average Bonchev–Trinajstić information content (AvgIpc) is 2.31. The average molecular weight is 272 g/mol. The van der Waals surface area contributed by atoms with Crippen LogP contribution in [-0.2, 0) is 14.8 Å². The Labute approximate surface area is 106 Å². The molecule has 0 heterocycles. The molecule has 0 aliphatic rings. The molecule has 1 amide bonds. The minimum absolute atomic E-state index is 0.0540. The van der Waals surface area contributed by atoms with E-state index in [-0.39, 0.29) is 4.90 Å². The molecule has 0 fully saturated rings. The zero-order valence-corrected chi connectivity index (χ0v) is 10.9. The fourth-order valence-corrected chi connectivity index (χ4v) is 2.01. The van der Waals surface area contributed by atoms with Crippen molar-refractivity contribution >= 4 is 27.3 Å². The number of carbonyl (C=O) groups excluding carboxylic acids is 1. The normalized spacial score (nSPS) is 13.0. The van der Waals surface area contributed by atoms with Crippen molar-refractivity contribution in [2.45, 2.75) is 17.9 Å². The number of benzene rings is 1. The minimum atomic E-state index is -3.56. The summed E-state index contributed by atoms with van der Waals surface area (Å²) in [5, 5.41) is 2.75. The van der Waals surface area contributed by atoms with E-state index in [2.05, 4.69) is 10.0 Å². The molecule has 0 saturated heterocycles. The number of primary amides is 1. The lowest BCUT2D eigenvalue weighted by Gasteiger charge is -2.15. The molecule has 8 heteroatoms. The summed E-state index contributed by atoms with van der Waals surface area (Å²) in [6, 6.07) is 3.52. The van der Waals surface area contributed by atoms with E-state index in [4.69, 9.17) is 11.5 Å². The summed E-state index contributed by atoms with van der Waals surface area (Å²) in [7, 11) is -2.24. The van der Waals surface area contributed by atoms with Gasteiger partial charge in [-0.1, -0.05) is 0 Å². The fraction of sp³-hybridized carbons (Fsp3) is 0.300. The molecule has 0 bridgehead atoms. The fourth-order valence-electron chi connectivity index (χ4n) is 1.25. The summed E-state index contributed by atoms with van der Waals surface area (Å²) in [5.41, 5.74) is 11.5. The summed E-state index contributed by atoms with van der Waals surface area (Å²) in [6.45, 7) is 1.56. The number of amides is 1. The Kier molecular flexibility index (Phi) is 4.15. The molecule has 0 radical (unpaired) electrons. The Morgan fingerprint density at radius 2 is 2.00 bits per heavy atom. The van der Waals surface area contributed by atoms with Crippen LogP contribution in [0.2, 0.25) is 0 Å². The van der Waals surface area contributed by atoms with Crippen molar-refractivity contribution in [1.82, 2.24) is 4.72 Å². The van der Waals surface area contributed by atoms with E-state index in [1.807, 2.05) is 0 Å². The molecular weight excluding hydrogens is 256 g/mol. The number of nitrogen functional groups attached to an aromatic ring is 1. The van der Waals surface area contributed by atoms with Gasteiger partial charge in [0.2, 0.25) is 15.9 Å². The van der Waals surface area contributed by atoms with E-state index in [0.717, 1.165) is 0 Å². The topological polar surface area (TPSA) is 127 Å². The van der Waals surface area contributed by atoms with Gasteiger partial charge in [-0.25, -0.2) is 13.1 Å². The highest BCUT2D eigenvalue weighted by Gasteiger charge is 2.15. The third-order valence-electron chi connectivity index (χ3n) is 2.40. The molecule has 1 aromatic carbocycles. The van der Waals surface area contributed by atoms with Gasteiger partial charge < -0.3 is 16.8 Å². The molecule has 1 rings (SSSR count). The number of anilines is 2. The molecule has 0 saturated carbocycles. The van der Waals surface area contributed by atoms with Crippen molar-refractivity contribution in [3.63, 3.8) is 0 Å². The van der Waals surface area contributed by atoms with Gasteiger partial charge in [-0.05, 0) is 32.2 Å². The van der Waals surface area contributed by atoms with Gasteiger partial charge in [0.25, 0.3) is 0 Å². The van der Waals surface area contributed by atoms with Gasteiger partial charge in [0, 0.05) is 0 Å². The van der Waals surface area contributed by atoms with Crippen molar-refractivity contribution in [1.29, 1.82) is 0 Å². The molecule has 1 aromatic rings. The quantitative estimate of drug-likeness (QED) is 0.535.